The predicted molar refractivity (Wildman–Crippen MR) is 578 cm³/mol. The average molecular weight is 1900 g/mol. The maximum absolute atomic E-state index is 12.3. The molecule has 8 aromatic rings. The minimum atomic E-state index is -0.384. The fourth-order valence-corrected chi connectivity index (χ4v) is 16.4. The second-order valence-corrected chi connectivity index (χ2v) is 42.2. The molecule has 11 unspecified atom stereocenters. The van der Waals surface area contributed by atoms with Crippen molar-refractivity contribution in [2.45, 2.75) is 419 Å². The Balaban J connectivity index is 0.000000341. The van der Waals surface area contributed by atoms with Gasteiger partial charge in [0.15, 0.2) is 18.9 Å². The molecular weight excluding hydrogens is 1710 g/mol. The summed E-state index contributed by atoms with van der Waals surface area (Å²) >= 11 is 0. The monoisotopic (exact) mass is 1900 g/mol. The Hall–Kier alpha value is -8.82. The summed E-state index contributed by atoms with van der Waals surface area (Å²) in [6.07, 6.45) is 27.1. The number of phenols is 3. The zero-order valence-corrected chi connectivity index (χ0v) is 91.3. The molecule has 770 valence electrons. The summed E-state index contributed by atoms with van der Waals surface area (Å²) in [6, 6.07) is 64.9. The maximum atomic E-state index is 12.3. The molecule has 0 saturated heterocycles. The molecule has 11 atom stereocenters. The molecule has 138 heavy (non-hydrogen) atoms. The van der Waals surface area contributed by atoms with Crippen LogP contribution < -0.4 is 18.9 Å². The third-order valence-electron chi connectivity index (χ3n) is 27.9. The van der Waals surface area contributed by atoms with Gasteiger partial charge < -0.3 is 58.0 Å². The largest absolute Gasteiger partial charge is 0.508 e. The zero-order valence-electron chi connectivity index (χ0n) is 91.3. The summed E-state index contributed by atoms with van der Waals surface area (Å²) in [5.41, 5.74) is 12.5. The number of hydrogen-bond acceptors (Lipinski definition) is 14. The lowest BCUT2D eigenvalue weighted by Crippen LogP contribution is -2.30. The Morgan fingerprint density at radius 3 is 0.928 bits per heavy atom. The molecule has 14 nitrogen and oxygen atoms in total. The highest BCUT2D eigenvalue weighted by molar-refractivity contribution is 5.73. The van der Waals surface area contributed by atoms with Gasteiger partial charge in [-0.3, -0.25) is 9.59 Å². The number of esters is 2. The first-order valence-corrected chi connectivity index (χ1v) is 53.3. The molecule has 0 heterocycles. The van der Waals surface area contributed by atoms with Gasteiger partial charge in [0.05, 0.1) is 31.7 Å². The fourth-order valence-electron chi connectivity index (χ4n) is 16.4. The van der Waals surface area contributed by atoms with Crippen LogP contribution in [0.5, 0.6) is 40.2 Å². The lowest BCUT2D eigenvalue weighted by atomic mass is 9.70. The highest BCUT2D eigenvalue weighted by Crippen LogP contribution is 2.41. The molecule has 0 radical (unpaired) electrons. The van der Waals surface area contributed by atoms with Crippen LogP contribution in [0.1, 0.15) is 439 Å². The number of aromatic hydroxyl groups is 3. The molecule has 0 aromatic heterocycles. The Morgan fingerprint density at radius 1 is 0.326 bits per heavy atom. The summed E-state index contributed by atoms with van der Waals surface area (Å²) in [6.45, 7) is 62.3. The van der Waals surface area contributed by atoms with Crippen LogP contribution in [0.25, 0.3) is 0 Å². The van der Waals surface area contributed by atoms with Crippen molar-refractivity contribution < 1.29 is 67.5 Å². The summed E-state index contributed by atoms with van der Waals surface area (Å²) in [5.74, 6) is 10.9. The van der Waals surface area contributed by atoms with Crippen LogP contribution in [0.2, 0.25) is 0 Å². The Morgan fingerprint density at radius 2 is 0.623 bits per heavy atom. The van der Waals surface area contributed by atoms with Crippen LogP contribution in [0.3, 0.4) is 0 Å². The third kappa shape index (κ3) is 49.5. The maximum Gasteiger partial charge on any atom is 0.309 e. The van der Waals surface area contributed by atoms with Crippen molar-refractivity contribution in [1.29, 1.82) is 0 Å². The van der Waals surface area contributed by atoms with Gasteiger partial charge in [-0.1, -0.05) is 313 Å². The predicted octanol–water partition coefficient (Wildman–Crippen LogP) is 34.9. The number of benzene rings is 8. The number of hydrogen-bond donors (Lipinski definition) is 3. The second kappa shape index (κ2) is 66.0. The van der Waals surface area contributed by atoms with Crippen LogP contribution in [-0.4, -0.2) is 84.8 Å². The van der Waals surface area contributed by atoms with Crippen molar-refractivity contribution in [1.82, 2.24) is 0 Å². The van der Waals surface area contributed by atoms with Crippen LogP contribution in [0, 0.1) is 29.1 Å². The molecule has 0 aliphatic heterocycles. The highest BCUT2D eigenvalue weighted by Gasteiger charge is 2.33. The number of carbonyl (C=O) groups excluding carboxylic acids is 2. The van der Waals surface area contributed by atoms with Crippen LogP contribution in [-0.2, 0) is 38.7 Å². The van der Waals surface area contributed by atoms with Gasteiger partial charge in [0, 0.05) is 0 Å². The van der Waals surface area contributed by atoms with E-state index in [0.29, 0.717) is 89.8 Å². The minimum Gasteiger partial charge on any atom is -0.508 e. The lowest BCUT2D eigenvalue weighted by molar-refractivity contribution is -0.159. The Bertz CT molecular complexity index is 4290. The molecule has 3 aliphatic carbocycles. The lowest BCUT2D eigenvalue weighted by Gasteiger charge is -2.36. The van der Waals surface area contributed by atoms with Gasteiger partial charge in [0.25, 0.3) is 0 Å². The fraction of sp³-hybridized carbons (Fsp3) is 0.597. The first-order valence-electron chi connectivity index (χ1n) is 53.3. The number of rotatable bonds is 37. The smallest absolute Gasteiger partial charge is 0.309 e. The zero-order chi connectivity index (χ0) is 102. The van der Waals surface area contributed by atoms with E-state index in [1.165, 1.54) is 134 Å². The molecule has 8 aromatic carbocycles. The highest BCUT2D eigenvalue weighted by atomic mass is 16.7. The molecule has 0 spiro atoms. The Kier molecular flexibility index (Phi) is 58.1. The van der Waals surface area contributed by atoms with Crippen molar-refractivity contribution in [2.75, 3.05) is 33.0 Å². The van der Waals surface area contributed by atoms with E-state index in [1.54, 1.807) is 36.4 Å². The standard InChI is InChI=1S/C26H36O3.C25H40O4.C20H32O2.C14H22.3C10H14O.C9H18O2/c1-4-20(2)22-10-16-26(17-11-22)29-21(3)27-18-19-28-25-14-12-24(13-15-25)23-8-6-5-7-9-23;1-7-18(2)20-10-14-23(15-11-20)29-19(3)27-16-17-28-24(26)21-8-12-22(13-9-21)25(4,5)6;1-4-16(2)19-10-12-20(13-11-19)22-17(3)21-15-14-18-8-6-5-7-9-18;1-6-11(2)12-7-9-13(10-8-12)14(3,4)5;3*1-3-8(2)9-4-6-10(11)7-5-9;1-6-7(2)8(10)11-9(3,4)5/h10-17,20-21,23H,4-9,18-19H2,1-3H3;10-11,14-15,18-19,21-22H,7-9,12-13,16-17H2,1-6H3;10-13,16-18H,4-9,14-15H2,1-3H3;7-11H,6H2,1-5H3;3*4-8,11H,3H2,1-2H3;7H,6H2,1-5H3. The normalized spacial score (nSPS) is 16.8. The van der Waals surface area contributed by atoms with E-state index in [4.69, 9.17) is 58.0 Å². The molecule has 0 bridgehead atoms. The SMILES string of the molecule is CCC(C)C(=O)OC(C)(C)C.CCC(C)c1ccc(C(C)(C)C)cc1.CCC(C)c1ccc(O)cc1.CCC(C)c1ccc(O)cc1.CCC(C)c1ccc(O)cc1.CCC(C)c1ccc(OC(C)OCCC2CCCCC2)cc1.CCC(C)c1ccc(OC(C)OCCOC(=O)C2CCC(C(C)(C)C)CC2)cc1.CCC(C)c1ccc(OC(C)OCCOc2ccc(C3CCCCC3)cc2)cc1. The second-order valence-electron chi connectivity index (χ2n) is 42.2. The number of carbonyl (C=O) groups is 2. The van der Waals surface area contributed by atoms with Crippen LogP contribution >= 0.6 is 0 Å². The average Bonchev–Trinajstić information content (AvgIpc) is 0.849. The molecule has 3 aliphatic rings. The van der Waals surface area contributed by atoms with Gasteiger partial charge >= 0.3 is 11.9 Å². The van der Waals surface area contributed by atoms with Gasteiger partial charge in [-0.05, 0) is 343 Å². The summed E-state index contributed by atoms with van der Waals surface area (Å²) in [5, 5.41) is 27.0. The van der Waals surface area contributed by atoms with Crippen molar-refractivity contribution in [2.24, 2.45) is 29.1 Å². The van der Waals surface area contributed by atoms with E-state index in [9.17, 15) is 9.59 Å². The first kappa shape index (κ1) is 121. The van der Waals surface area contributed by atoms with E-state index >= 15 is 0 Å². The number of ether oxygens (including phenoxy) is 9. The van der Waals surface area contributed by atoms with Gasteiger partial charge in [0.2, 0.25) is 0 Å². The summed E-state index contributed by atoms with van der Waals surface area (Å²) in [7, 11) is 0. The molecule has 11 rings (SSSR count). The first-order chi connectivity index (χ1) is 65.6. The molecule has 3 fully saturated rings. The van der Waals surface area contributed by atoms with E-state index in [-0.39, 0.29) is 60.3 Å². The van der Waals surface area contributed by atoms with Crippen molar-refractivity contribution in [3.05, 3.63) is 244 Å². The van der Waals surface area contributed by atoms with Crippen molar-refractivity contribution >= 4 is 11.9 Å². The van der Waals surface area contributed by atoms with Crippen LogP contribution in [0.4, 0.5) is 0 Å². The quantitative estimate of drug-likeness (QED) is 0.0190. The van der Waals surface area contributed by atoms with Crippen molar-refractivity contribution in [3.8, 4) is 40.2 Å². The van der Waals surface area contributed by atoms with E-state index in [2.05, 4.69) is 236 Å². The van der Waals surface area contributed by atoms with Crippen molar-refractivity contribution in [3.63, 3.8) is 0 Å². The molecule has 14 heteroatoms. The Labute approximate surface area is 839 Å². The topological polar surface area (TPSA) is 178 Å². The summed E-state index contributed by atoms with van der Waals surface area (Å²) < 4.78 is 51.1. The molecule has 0 amide bonds. The minimum absolute atomic E-state index is 0.0224. The van der Waals surface area contributed by atoms with Gasteiger partial charge in [-0.25, -0.2) is 0 Å². The van der Waals surface area contributed by atoms with Gasteiger partial charge in [-0.2, -0.15) is 0 Å². The van der Waals surface area contributed by atoms with Gasteiger partial charge in [-0.15, -0.1) is 0 Å². The van der Waals surface area contributed by atoms with Gasteiger partial charge in [0.1, 0.15) is 59.1 Å². The molecule has 3 N–H and O–H groups in total. The summed E-state index contributed by atoms with van der Waals surface area (Å²) in [4.78, 5) is 23.5. The third-order valence-corrected chi connectivity index (χ3v) is 27.9. The van der Waals surface area contributed by atoms with Crippen LogP contribution in [0.15, 0.2) is 194 Å². The molecule has 3 saturated carbocycles. The van der Waals surface area contributed by atoms with E-state index < -0.39 is 0 Å². The van der Waals surface area contributed by atoms with E-state index in [0.717, 1.165) is 106 Å². The van der Waals surface area contributed by atoms with E-state index in [1.807, 2.05) is 116 Å². The number of phenolic OH excluding ortho intramolecular Hbond substituents is 3. The molecular formula is C124H190O14.